The normalized spacial score (nSPS) is 11.8. The number of amides is 1. The molecule has 7 heteroatoms. The molecule has 25 heavy (non-hydrogen) atoms. The van der Waals surface area contributed by atoms with Crippen LogP contribution in [0.4, 0.5) is 10.1 Å². The van der Waals surface area contributed by atoms with Gasteiger partial charge in [-0.15, -0.1) is 0 Å². The van der Waals surface area contributed by atoms with Gasteiger partial charge in [-0.3, -0.25) is 9.59 Å². The highest BCUT2D eigenvalue weighted by Gasteiger charge is 2.15. The van der Waals surface area contributed by atoms with Gasteiger partial charge in [0.05, 0.1) is 11.3 Å². The number of nitrogens with zero attached hydrogens (tertiary/aromatic N) is 1. The van der Waals surface area contributed by atoms with Crippen molar-refractivity contribution < 1.29 is 18.7 Å². The molecule has 1 aliphatic rings. The molecule has 1 N–H and O–H groups in total. The van der Waals surface area contributed by atoms with E-state index in [2.05, 4.69) is 21.2 Å². The first-order valence-corrected chi connectivity index (χ1v) is 8.35. The van der Waals surface area contributed by atoms with Crippen LogP contribution < -0.4 is 10.1 Å². The summed E-state index contributed by atoms with van der Waals surface area (Å²) in [6, 6.07) is 9.94. The maximum Gasteiger partial charge on any atom is 0.254 e. The van der Waals surface area contributed by atoms with E-state index in [1.54, 1.807) is 44.4 Å². The van der Waals surface area contributed by atoms with Gasteiger partial charge in [-0.2, -0.15) is 0 Å². The van der Waals surface area contributed by atoms with Gasteiger partial charge in [-0.1, -0.05) is 34.1 Å². The van der Waals surface area contributed by atoms with Gasteiger partial charge in [0.15, 0.2) is 17.9 Å². The first-order chi connectivity index (χ1) is 11.9. The number of hydrogen-bond donors (Lipinski definition) is 1. The molecule has 0 aromatic heterocycles. The van der Waals surface area contributed by atoms with Gasteiger partial charge in [0, 0.05) is 30.7 Å². The number of nitrogens with one attached hydrogen (secondary N) is 1. The fourth-order valence-corrected chi connectivity index (χ4v) is 2.64. The monoisotopic (exact) mass is 408 g/mol. The predicted molar refractivity (Wildman–Crippen MR) is 97.9 cm³/mol. The Balaban J connectivity index is 0.000000181. The Morgan fingerprint density at radius 2 is 2.04 bits per heavy atom. The van der Waals surface area contributed by atoms with E-state index in [0.717, 1.165) is 11.0 Å². The number of benzene rings is 2. The molecule has 0 unspecified atom stereocenters. The summed E-state index contributed by atoms with van der Waals surface area (Å²) in [5, 5.41) is 3.05. The van der Waals surface area contributed by atoms with E-state index in [1.165, 1.54) is 11.0 Å². The molecular formula is C18H18BrFN2O3. The SMILES string of the molecule is CN(C)C(=O)c1ccccc1C=O.Fc1cc(Br)cc2c1OCCN2. The van der Waals surface area contributed by atoms with Crippen LogP contribution in [-0.2, 0) is 0 Å². The number of hydrogen-bond acceptors (Lipinski definition) is 4. The summed E-state index contributed by atoms with van der Waals surface area (Å²) < 4.78 is 19.0. The summed E-state index contributed by atoms with van der Waals surface area (Å²) in [5.41, 5.74) is 1.59. The molecule has 0 fully saturated rings. The molecule has 0 aliphatic carbocycles. The van der Waals surface area contributed by atoms with Crippen LogP contribution in [0.2, 0.25) is 0 Å². The van der Waals surface area contributed by atoms with Gasteiger partial charge in [-0.25, -0.2) is 4.39 Å². The van der Waals surface area contributed by atoms with Gasteiger partial charge in [0.2, 0.25) is 0 Å². The lowest BCUT2D eigenvalue weighted by Gasteiger charge is -2.19. The Labute approximate surface area is 153 Å². The van der Waals surface area contributed by atoms with Gasteiger partial charge in [0.1, 0.15) is 6.61 Å². The van der Waals surface area contributed by atoms with Crippen LogP contribution in [0.25, 0.3) is 0 Å². The number of carbonyl (C=O) groups is 2. The molecule has 5 nitrogen and oxygen atoms in total. The maximum atomic E-state index is 13.1. The third-order valence-electron chi connectivity index (χ3n) is 3.40. The highest BCUT2D eigenvalue weighted by Crippen LogP contribution is 2.33. The lowest BCUT2D eigenvalue weighted by Crippen LogP contribution is -2.22. The molecule has 1 aliphatic heterocycles. The third-order valence-corrected chi connectivity index (χ3v) is 3.85. The standard InChI is InChI=1S/C10H11NO2.C8H7BrFNO/c1-11(2)10(13)9-6-4-3-5-8(9)7-12;9-5-3-6(10)8-7(4-5)11-1-2-12-8/h3-7H,1-2H3;3-4,11H,1-2H2. The number of aldehydes is 1. The van der Waals surface area contributed by atoms with Crippen molar-refractivity contribution in [2.45, 2.75) is 0 Å². The second-order valence-corrected chi connectivity index (χ2v) is 6.36. The summed E-state index contributed by atoms with van der Waals surface area (Å²) in [6.07, 6.45) is 0.691. The number of halogens is 2. The van der Waals surface area contributed by atoms with E-state index in [0.29, 0.717) is 35.5 Å². The van der Waals surface area contributed by atoms with Crippen molar-refractivity contribution in [1.29, 1.82) is 0 Å². The second-order valence-electron chi connectivity index (χ2n) is 5.44. The lowest BCUT2D eigenvalue weighted by atomic mass is 10.1. The molecule has 0 saturated heterocycles. The topological polar surface area (TPSA) is 58.6 Å². The molecule has 0 atom stereocenters. The van der Waals surface area contributed by atoms with Crippen LogP contribution >= 0.6 is 15.9 Å². The summed E-state index contributed by atoms with van der Waals surface area (Å²) in [7, 11) is 3.31. The quantitative estimate of drug-likeness (QED) is 0.771. The van der Waals surface area contributed by atoms with Crippen LogP contribution in [-0.4, -0.2) is 44.3 Å². The van der Waals surface area contributed by atoms with Crippen LogP contribution in [0.1, 0.15) is 20.7 Å². The summed E-state index contributed by atoms with van der Waals surface area (Å²) >= 11 is 3.21. The van der Waals surface area contributed by atoms with Gasteiger partial charge in [0.25, 0.3) is 5.91 Å². The Bertz CT molecular complexity index is 781. The highest BCUT2D eigenvalue weighted by atomic mass is 79.9. The van der Waals surface area contributed by atoms with E-state index in [9.17, 15) is 14.0 Å². The van der Waals surface area contributed by atoms with Crippen molar-refractivity contribution in [2.24, 2.45) is 0 Å². The van der Waals surface area contributed by atoms with Gasteiger partial charge in [-0.05, 0) is 18.2 Å². The van der Waals surface area contributed by atoms with Crippen molar-refractivity contribution in [3.63, 3.8) is 0 Å². The van der Waals surface area contributed by atoms with Gasteiger partial charge >= 0.3 is 0 Å². The van der Waals surface area contributed by atoms with Crippen molar-refractivity contribution in [2.75, 3.05) is 32.6 Å². The molecule has 1 amide bonds. The number of fused-ring (bicyclic) bond motifs is 1. The largest absolute Gasteiger partial charge is 0.486 e. The van der Waals surface area contributed by atoms with Crippen LogP contribution in [0, 0.1) is 5.82 Å². The fourth-order valence-electron chi connectivity index (χ4n) is 2.21. The zero-order valence-electron chi connectivity index (χ0n) is 13.9. The van der Waals surface area contributed by atoms with Crippen molar-refractivity contribution in [1.82, 2.24) is 4.90 Å². The zero-order valence-corrected chi connectivity index (χ0v) is 15.5. The Morgan fingerprint density at radius 1 is 1.32 bits per heavy atom. The molecule has 3 rings (SSSR count). The van der Waals surface area contributed by atoms with E-state index >= 15 is 0 Å². The molecular weight excluding hydrogens is 391 g/mol. The smallest absolute Gasteiger partial charge is 0.254 e. The average molecular weight is 409 g/mol. The Morgan fingerprint density at radius 3 is 2.72 bits per heavy atom. The van der Waals surface area contributed by atoms with E-state index in [-0.39, 0.29) is 11.7 Å². The number of carbonyl (C=O) groups excluding carboxylic acids is 2. The van der Waals surface area contributed by atoms with Gasteiger partial charge < -0.3 is 15.0 Å². The molecule has 2 aromatic carbocycles. The van der Waals surface area contributed by atoms with Crippen LogP contribution in [0.15, 0.2) is 40.9 Å². The fraction of sp³-hybridized carbons (Fsp3) is 0.222. The maximum absolute atomic E-state index is 13.1. The van der Waals surface area contributed by atoms with E-state index in [1.807, 2.05) is 0 Å². The minimum absolute atomic E-state index is 0.150. The molecule has 0 saturated carbocycles. The first kappa shape index (κ1) is 18.9. The lowest BCUT2D eigenvalue weighted by molar-refractivity contribution is 0.0824. The number of ether oxygens (including phenoxy) is 1. The number of anilines is 1. The second kappa shape index (κ2) is 8.62. The van der Waals surface area contributed by atoms with Crippen molar-refractivity contribution >= 4 is 33.8 Å². The Hall–Kier alpha value is -2.41. The van der Waals surface area contributed by atoms with Crippen LogP contribution in [0.5, 0.6) is 5.75 Å². The highest BCUT2D eigenvalue weighted by molar-refractivity contribution is 9.10. The Kier molecular flexibility index (Phi) is 6.52. The third kappa shape index (κ3) is 4.79. The average Bonchev–Trinajstić information content (AvgIpc) is 2.61. The minimum atomic E-state index is -0.327. The predicted octanol–water partition coefficient (Wildman–Crippen LogP) is 3.59. The van der Waals surface area contributed by atoms with Crippen molar-refractivity contribution in [3.8, 4) is 5.75 Å². The summed E-state index contributed by atoms with van der Waals surface area (Å²) in [5.74, 6) is -0.154. The van der Waals surface area contributed by atoms with E-state index < -0.39 is 0 Å². The molecule has 0 radical (unpaired) electrons. The zero-order chi connectivity index (χ0) is 18.4. The minimum Gasteiger partial charge on any atom is -0.486 e. The molecule has 1 heterocycles. The van der Waals surface area contributed by atoms with E-state index in [4.69, 9.17) is 4.74 Å². The van der Waals surface area contributed by atoms with Crippen LogP contribution in [0.3, 0.4) is 0 Å². The molecule has 132 valence electrons. The van der Waals surface area contributed by atoms with Crippen molar-refractivity contribution in [3.05, 3.63) is 57.8 Å². The molecule has 2 aromatic rings. The number of rotatable bonds is 2. The summed E-state index contributed by atoms with van der Waals surface area (Å²) in [6.45, 7) is 1.24. The molecule has 0 spiro atoms. The molecule has 0 bridgehead atoms. The first-order valence-electron chi connectivity index (χ1n) is 7.55. The summed E-state index contributed by atoms with van der Waals surface area (Å²) in [4.78, 5) is 23.5.